The molecule has 2 aromatic heterocycles. The van der Waals surface area contributed by atoms with Crippen molar-refractivity contribution in [1.29, 1.82) is 0 Å². The molecule has 0 bridgehead atoms. The van der Waals surface area contributed by atoms with Crippen molar-refractivity contribution in [3.8, 4) is 12.0 Å². The molecule has 4 rings (SSSR count). The summed E-state index contributed by atoms with van der Waals surface area (Å²) < 4.78 is 12.0. The molecule has 0 aliphatic heterocycles. The summed E-state index contributed by atoms with van der Waals surface area (Å²) in [5, 5.41) is 13.8. The minimum atomic E-state index is -0.182. The van der Waals surface area contributed by atoms with Crippen LogP contribution < -0.4 is 21.5 Å². The first kappa shape index (κ1) is 23.3. The van der Waals surface area contributed by atoms with Crippen molar-refractivity contribution in [3.63, 3.8) is 0 Å². The standard InChI is InChI=1S/C24H29N7O3/c1-33-12-13-34-23-29-21(26)20-22(30-23)31(24(32)28-20)15-18-4-2-17(3-5-18)14-27-11-10-16-6-8-19(25)9-7-16/h2-9,27H,10-15,25H2,1H3,(H,28,32)(H2,26,29,30). The Kier molecular flexibility index (Phi) is 7.41. The van der Waals surface area contributed by atoms with Crippen LogP contribution in [0.15, 0.2) is 48.5 Å². The Morgan fingerprint density at radius 1 is 0.912 bits per heavy atom. The Morgan fingerprint density at radius 3 is 2.35 bits per heavy atom. The molecule has 2 heterocycles. The number of imidazole rings is 1. The number of hydrogen-bond donors (Lipinski definition) is 4. The fraction of sp³-hybridized carbons (Fsp3) is 0.292. The van der Waals surface area contributed by atoms with E-state index in [1.165, 1.54) is 11.1 Å². The van der Waals surface area contributed by atoms with Crippen molar-refractivity contribution < 1.29 is 14.6 Å². The first-order chi connectivity index (χ1) is 16.5. The third kappa shape index (κ3) is 5.72. The number of anilines is 2. The van der Waals surface area contributed by atoms with E-state index in [1.807, 2.05) is 36.4 Å². The molecule has 10 heteroatoms. The van der Waals surface area contributed by atoms with E-state index >= 15 is 0 Å². The monoisotopic (exact) mass is 463 g/mol. The predicted molar refractivity (Wildman–Crippen MR) is 131 cm³/mol. The largest absolute Gasteiger partial charge is 0.480 e. The molecule has 0 fully saturated rings. The van der Waals surface area contributed by atoms with Crippen molar-refractivity contribution in [2.75, 3.05) is 38.3 Å². The lowest BCUT2D eigenvalue weighted by Crippen LogP contribution is -2.16. The SMILES string of the molecule is COCCOc1nc(N)c2nc(O)n(Cc3ccc(CNCCc4ccc(N)cc4)cc3)c2n1. The number of methoxy groups -OCH3 is 1. The van der Waals surface area contributed by atoms with Gasteiger partial charge < -0.3 is 31.4 Å². The van der Waals surface area contributed by atoms with Gasteiger partial charge in [-0.2, -0.15) is 15.0 Å². The highest BCUT2D eigenvalue weighted by atomic mass is 16.5. The summed E-state index contributed by atoms with van der Waals surface area (Å²) in [7, 11) is 1.58. The molecule has 4 aromatic rings. The Bertz CT molecular complexity index is 1220. The van der Waals surface area contributed by atoms with E-state index in [0.29, 0.717) is 24.3 Å². The van der Waals surface area contributed by atoms with Gasteiger partial charge in [-0.05, 0) is 41.8 Å². The van der Waals surface area contributed by atoms with Gasteiger partial charge in [0.25, 0.3) is 6.01 Å². The Labute approximate surface area is 197 Å². The van der Waals surface area contributed by atoms with Crippen LogP contribution in [0.4, 0.5) is 11.5 Å². The zero-order chi connectivity index (χ0) is 23.9. The lowest BCUT2D eigenvalue weighted by atomic mass is 10.1. The maximum atomic E-state index is 10.4. The number of nitrogens with zero attached hydrogens (tertiary/aromatic N) is 4. The summed E-state index contributed by atoms with van der Waals surface area (Å²) in [6.45, 7) is 2.70. The lowest BCUT2D eigenvalue weighted by Gasteiger charge is -2.09. The molecule has 0 atom stereocenters. The van der Waals surface area contributed by atoms with Gasteiger partial charge in [-0.25, -0.2) is 0 Å². The second kappa shape index (κ2) is 10.8. The summed E-state index contributed by atoms with van der Waals surface area (Å²) >= 11 is 0. The number of rotatable bonds is 11. The van der Waals surface area contributed by atoms with Gasteiger partial charge in [0.05, 0.1) is 13.2 Å². The number of hydrogen-bond acceptors (Lipinski definition) is 9. The van der Waals surface area contributed by atoms with Crippen molar-refractivity contribution in [2.24, 2.45) is 0 Å². The van der Waals surface area contributed by atoms with Crippen LogP contribution in [0, 0.1) is 0 Å². The Balaban J connectivity index is 1.38. The van der Waals surface area contributed by atoms with Crippen LogP contribution in [-0.4, -0.2) is 51.5 Å². The van der Waals surface area contributed by atoms with Crippen LogP contribution >= 0.6 is 0 Å². The molecule has 0 aliphatic carbocycles. The summed E-state index contributed by atoms with van der Waals surface area (Å²) in [5.41, 5.74) is 16.6. The minimum absolute atomic E-state index is 0.114. The number of benzene rings is 2. The average Bonchev–Trinajstić information content (AvgIpc) is 3.15. The number of fused-ring (bicyclic) bond motifs is 1. The van der Waals surface area contributed by atoms with Crippen molar-refractivity contribution in [2.45, 2.75) is 19.5 Å². The van der Waals surface area contributed by atoms with Crippen LogP contribution in [0.1, 0.15) is 16.7 Å². The van der Waals surface area contributed by atoms with E-state index in [2.05, 4.69) is 32.4 Å². The molecule has 6 N–H and O–H groups in total. The third-order valence-electron chi connectivity index (χ3n) is 5.36. The number of ether oxygens (including phenoxy) is 2. The molecule has 0 saturated heterocycles. The highest BCUT2D eigenvalue weighted by Gasteiger charge is 2.17. The molecular formula is C24H29N7O3. The van der Waals surface area contributed by atoms with E-state index in [1.54, 1.807) is 11.7 Å². The summed E-state index contributed by atoms with van der Waals surface area (Å²) in [6.07, 6.45) is 0.938. The number of aromatic nitrogens is 4. The van der Waals surface area contributed by atoms with Crippen molar-refractivity contribution >= 4 is 22.7 Å². The van der Waals surface area contributed by atoms with Crippen LogP contribution in [0.5, 0.6) is 12.0 Å². The number of nitrogens with two attached hydrogens (primary N) is 2. The van der Waals surface area contributed by atoms with Gasteiger partial charge in [-0.15, -0.1) is 0 Å². The molecular weight excluding hydrogens is 434 g/mol. The molecule has 2 aromatic carbocycles. The highest BCUT2D eigenvalue weighted by Crippen LogP contribution is 2.25. The highest BCUT2D eigenvalue weighted by molar-refractivity contribution is 5.83. The molecule has 34 heavy (non-hydrogen) atoms. The van der Waals surface area contributed by atoms with Crippen LogP contribution in [0.25, 0.3) is 11.2 Å². The number of aromatic hydroxyl groups is 1. The predicted octanol–water partition coefficient (Wildman–Crippen LogP) is 2.10. The first-order valence-electron chi connectivity index (χ1n) is 11.0. The van der Waals surface area contributed by atoms with E-state index < -0.39 is 0 Å². The van der Waals surface area contributed by atoms with Crippen molar-refractivity contribution in [1.82, 2.24) is 24.8 Å². The molecule has 0 saturated carbocycles. The fourth-order valence-electron chi connectivity index (χ4n) is 3.51. The minimum Gasteiger partial charge on any atom is -0.480 e. The maximum Gasteiger partial charge on any atom is 0.320 e. The first-order valence-corrected chi connectivity index (χ1v) is 11.0. The van der Waals surface area contributed by atoms with Crippen LogP contribution in [-0.2, 0) is 24.2 Å². The second-order valence-electron chi connectivity index (χ2n) is 7.89. The Morgan fingerprint density at radius 2 is 1.62 bits per heavy atom. The molecule has 0 aliphatic rings. The molecule has 178 valence electrons. The third-order valence-corrected chi connectivity index (χ3v) is 5.36. The van der Waals surface area contributed by atoms with E-state index in [-0.39, 0.29) is 24.4 Å². The second-order valence-corrected chi connectivity index (χ2v) is 7.89. The number of nitrogens with one attached hydrogen (secondary N) is 1. The number of nitrogen functional groups attached to an aromatic ring is 2. The van der Waals surface area contributed by atoms with E-state index in [9.17, 15) is 5.11 Å². The van der Waals surface area contributed by atoms with Crippen molar-refractivity contribution in [3.05, 3.63) is 65.2 Å². The summed E-state index contributed by atoms with van der Waals surface area (Å²) in [4.78, 5) is 12.6. The van der Waals surface area contributed by atoms with Gasteiger partial charge >= 0.3 is 6.01 Å². The van der Waals surface area contributed by atoms with E-state index in [4.69, 9.17) is 20.9 Å². The van der Waals surface area contributed by atoms with Gasteiger partial charge in [0.2, 0.25) is 0 Å². The normalized spacial score (nSPS) is 11.2. The zero-order valence-electron chi connectivity index (χ0n) is 19.1. The maximum absolute atomic E-state index is 10.4. The van der Waals surface area contributed by atoms with Gasteiger partial charge in [0.15, 0.2) is 17.0 Å². The molecule has 0 spiro atoms. The van der Waals surface area contributed by atoms with Gasteiger partial charge in [0.1, 0.15) is 6.61 Å². The van der Waals surface area contributed by atoms with Crippen LogP contribution in [0.3, 0.4) is 0 Å². The molecule has 0 unspecified atom stereocenters. The average molecular weight is 464 g/mol. The van der Waals surface area contributed by atoms with Crippen LogP contribution in [0.2, 0.25) is 0 Å². The smallest absolute Gasteiger partial charge is 0.320 e. The lowest BCUT2D eigenvalue weighted by molar-refractivity contribution is 0.141. The Hall–Kier alpha value is -3.89. The molecule has 0 radical (unpaired) electrons. The topological polar surface area (TPSA) is 146 Å². The van der Waals surface area contributed by atoms with E-state index in [0.717, 1.165) is 30.8 Å². The molecule has 0 amide bonds. The summed E-state index contributed by atoms with van der Waals surface area (Å²) in [5.74, 6) is 0.145. The summed E-state index contributed by atoms with van der Waals surface area (Å²) in [6, 6.07) is 16.0. The van der Waals surface area contributed by atoms with Gasteiger partial charge in [0, 0.05) is 19.3 Å². The van der Waals surface area contributed by atoms with Gasteiger partial charge in [-0.1, -0.05) is 36.4 Å². The zero-order valence-corrected chi connectivity index (χ0v) is 19.1. The van der Waals surface area contributed by atoms with Gasteiger partial charge in [-0.3, -0.25) is 4.57 Å². The fourth-order valence-corrected chi connectivity index (χ4v) is 3.51. The molecule has 10 nitrogen and oxygen atoms in total. The quantitative estimate of drug-likeness (QED) is 0.194.